The highest BCUT2D eigenvalue weighted by Gasteiger charge is 2.18. The van der Waals surface area contributed by atoms with E-state index in [4.69, 9.17) is 4.99 Å². The summed E-state index contributed by atoms with van der Waals surface area (Å²) in [5.74, 6) is 0. The largest absolute Gasteiger partial charge is 0.359 e. The van der Waals surface area contributed by atoms with E-state index in [2.05, 4.69) is 115 Å². The lowest BCUT2D eigenvalue weighted by molar-refractivity contribution is 0.591. The molecule has 0 spiro atoms. The first-order chi connectivity index (χ1) is 12.5. The minimum atomic E-state index is 0.0725. The first kappa shape index (κ1) is 21.0. The van der Waals surface area contributed by atoms with E-state index in [1.165, 1.54) is 11.1 Å². The summed E-state index contributed by atoms with van der Waals surface area (Å²) in [6.07, 6.45) is 2.11. The second kappa shape index (κ2) is 8.12. The van der Waals surface area contributed by atoms with Crippen molar-refractivity contribution >= 4 is 17.1 Å². The van der Waals surface area contributed by atoms with Gasteiger partial charge in [0.2, 0.25) is 0 Å². The second-order valence-electron chi connectivity index (χ2n) is 9.27. The number of hydrogen-bond donors (Lipinski definition) is 1. The van der Waals surface area contributed by atoms with Crippen LogP contribution in [0.2, 0.25) is 0 Å². The quantitative estimate of drug-likeness (QED) is 0.563. The van der Waals surface area contributed by atoms with Gasteiger partial charge in [-0.25, -0.2) is 0 Å². The molecule has 0 unspecified atom stereocenters. The number of aliphatic imine (C=N–C) groups is 1. The number of para-hydroxylation sites is 2. The van der Waals surface area contributed by atoms with Crippen LogP contribution < -0.4 is 5.32 Å². The Kier molecular flexibility index (Phi) is 6.30. The van der Waals surface area contributed by atoms with Gasteiger partial charge in [-0.2, -0.15) is 0 Å². The van der Waals surface area contributed by atoms with Crippen molar-refractivity contribution in [2.75, 3.05) is 5.32 Å². The van der Waals surface area contributed by atoms with Crippen LogP contribution in [0.25, 0.3) is 0 Å². The number of allylic oxidation sites excluding steroid dienone is 2. The third-order valence-corrected chi connectivity index (χ3v) is 4.50. The molecule has 0 aliphatic rings. The van der Waals surface area contributed by atoms with Crippen molar-refractivity contribution in [3.63, 3.8) is 0 Å². The van der Waals surface area contributed by atoms with Crippen LogP contribution in [0.3, 0.4) is 0 Å². The van der Waals surface area contributed by atoms with E-state index in [1.807, 2.05) is 0 Å². The molecule has 0 aliphatic carbocycles. The van der Waals surface area contributed by atoms with Gasteiger partial charge >= 0.3 is 0 Å². The fourth-order valence-corrected chi connectivity index (χ4v) is 3.24. The zero-order chi connectivity index (χ0) is 20.2. The molecule has 0 heterocycles. The SMILES string of the molecule is CC(/C=C(\C)Nc1ccccc1C(C)(C)C)=Nc1ccccc1C(C)(C)C. The maximum absolute atomic E-state index is 4.88. The lowest BCUT2D eigenvalue weighted by atomic mass is 9.86. The van der Waals surface area contributed by atoms with Gasteiger partial charge in [0.15, 0.2) is 0 Å². The molecule has 1 N–H and O–H groups in total. The van der Waals surface area contributed by atoms with Crippen molar-refractivity contribution in [1.82, 2.24) is 0 Å². The first-order valence-electron chi connectivity index (χ1n) is 9.68. The molecule has 2 rings (SSSR count). The molecule has 2 nitrogen and oxygen atoms in total. The average molecular weight is 363 g/mol. The van der Waals surface area contributed by atoms with Gasteiger partial charge in [0, 0.05) is 17.1 Å². The number of benzene rings is 2. The molecule has 2 aromatic carbocycles. The molecule has 0 aliphatic heterocycles. The maximum Gasteiger partial charge on any atom is 0.0670 e. The van der Waals surface area contributed by atoms with Gasteiger partial charge in [0.25, 0.3) is 0 Å². The van der Waals surface area contributed by atoms with Crippen molar-refractivity contribution in [1.29, 1.82) is 0 Å². The highest BCUT2D eigenvalue weighted by Crippen LogP contribution is 2.32. The molecule has 144 valence electrons. The molecule has 2 heteroatoms. The van der Waals surface area contributed by atoms with E-state index < -0.39 is 0 Å². The Labute approximate surface area is 165 Å². The molecule has 2 aromatic rings. The van der Waals surface area contributed by atoms with E-state index in [1.54, 1.807) is 0 Å². The van der Waals surface area contributed by atoms with Crippen LogP contribution in [0.4, 0.5) is 11.4 Å². The average Bonchev–Trinajstić information content (AvgIpc) is 2.53. The summed E-state index contributed by atoms with van der Waals surface area (Å²) in [7, 11) is 0. The van der Waals surface area contributed by atoms with Crippen molar-refractivity contribution < 1.29 is 0 Å². The number of hydrogen-bond acceptors (Lipinski definition) is 2. The van der Waals surface area contributed by atoms with Gasteiger partial charge in [-0.3, -0.25) is 4.99 Å². The summed E-state index contributed by atoms with van der Waals surface area (Å²) >= 11 is 0. The first-order valence-corrected chi connectivity index (χ1v) is 9.68. The van der Waals surface area contributed by atoms with Gasteiger partial charge in [-0.15, -0.1) is 0 Å². The van der Waals surface area contributed by atoms with Crippen LogP contribution in [0.1, 0.15) is 66.5 Å². The van der Waals surface area contributed by atoms with Crippen LogP contribution in [0.15, 0.2) is 65.3 Å². The summed E-state index contributed by atoms with van der Waals surface area (Å²) in [6.45, 7) is 17.5. The number of rotatable bonds is 4. The number of anilines is 1. The Morgan fingerprint density at radius 1 is 0.778 bits per heavy atom. The Balaban J connectivity index is 2.29. The summed E-state index contributed by atoms with van der Waals surface area (Å²) in [5, 5.41) is 3.56. The lowest BCUT2D eigenvalue weighted by Crippen LogP contribution is -2.14. The Bertz CT molecular complexity index is 843. The molecule has 0 bridgehead atoms. The van der Waals surface area contributed by atoms with Gasteiger partial charge in [0.1, 0.15) is 0 Å². The van der Waals surface area contributed by atoms with Gasteiger partial charge in [-0.05, 0) is 54.0 Å². The zero-order valence-electron chi connectivity index (χ0n) is 18.1. The zero-order valence-corrected chi connectivity index (χ0v) is 18.1. The molecule has 0 atom stereocenters. The number of nitrogens with one attached hydrogen (secondary N) is 1. The predicted molar refractivity (Wildman–Crippen MR) is 120 cm³/mol. The van der Waals surface area contributed by atoms with Crippen LogP contribution in [0, 0.1) is 0 Å². The van der Waals surface area contributed by atoms with Crippen molar-refractivity contribution in [3.8, 4) is 0 Å². The van der Waals surface area contributed by atoms with Crippen LogP contribution in [-0.2, 0) is 10.8 Å². The molecular weight excluding hydrogens is 328 g/mol. The van der Waals surface area contributed by atoms with E-state index in [0.717, 1.165) is 22.8 Å². The molecule has 0 saturated heterocycles. The predicted octanol–water partition coefficient (Wildman–Crippen LogP) is 7.39. The van der Waals surface area contributed by atoms with Crippen molar-refractivity contribution in [3.05, 3.63) is 71.4 Å². The van der Waals surface area contributed by atoms with Crippen molar-refractivity contribution in [2.24, 2.45) is 4.99 Å². The van der Waals surface area contributed by atoms with Gasteiger partial charge < -0.3 is 5.32 Å². The monoisotopic (exact) mass is 362 g/mol. The number of nitrogens with zero attached hydrogens (tertiary/aromatic N) is 1. The Morgan fingerprint density at radius 3 is 1.89 bits per heavy atom. The van der Waals surface area contributed by atoms with Crippen LogP contribution >= 0.6 is 0 Å². The summed E-state index contributed by atoms with van der Waals surface area (Å²) < 4.78 is 0. The smallest absolute Gasteiger partial charge is 0.0670 e. The summed E-state index contributed by atoms with van der Waals surface area (Å²) in [6, 6.07) is 16.9. The van der Waals surface area contributed by atoms with Crippen molar-refractivity contribution in [2.45, 2.75) is 66.2 Å². The van der Waals surface area contributed by atoms with Gasteiger partial charge in [0.05, 0.1) is 5.69 Å². The lowest BCUT2D eigenvalue weighted by Gasteiger charge is -2.23. The van der Waals surface area contributed by atoms with Crippen LogP contribution in [0.5, 0.6) is 0 Å². The third kappa shape index (κ3) is 5.82. The second-order valence-corrected chi connectivity index (χ2v) is 9.27. The molecule has 0 amide bonds. The Morgan fingerprint density at radius 2 is 1.30 bits per heavy atom. The van der Waals surface area contributed by atoms with E-state index in [9.17, 15) is 0 Å². The fourth-order valence-electron chi connectivity index (χ4n) is 3.24. The molecular formula is C25H34N2. The molecule has 0 radical (unpaired) electrons. The minimum absolute atomic E-state index is 0.0725. The highest BCUT2D eigenvalue weighted by molar-refractivity contribution is 5.95. The Hall–Kier alpha value is -2.35. The molecule has 0 aromatic heterocycles. The third-order valence-electron chi connectivity index (χ3n) is 4.50. The fraction of sp³-hybridized carbons (Fsp3) is 0.400. The molecule has 0 saturated carbocycles. The maximum atomic E-state index is 4.88. The van der Waals surface area contributed by atoms with E-state index in [-0.39, 0.29) is 10.8 Å². The normalized spacial score (nSPS) is 13.6. The molecule has 27 heavy (non-hydrogen) atoms. The minimum Gasteiger partial charge on any atom is -0.359 e. The van der Waals surface area contributed by atoms with E-state index >= 15 is 0 Å². The summed E-state index contributed by atoms with van der Waals surface area (Å²) in [5.41, 5.74) is 7.02. The standard InChI is InChI=1S/C25H34N2/c1-18(26-22-15-11-9-13-20(22)24(3,4)5)17-19(2)27-23-16-12-10-14-21(23)25(6,7)8/h9-17,26H,1-8H3/b18-17+,27-19?. The van der Waals surface area contributed by atoms with Gasteiger partial charge in [-0.1, -0.05) is 77.9 Å². The van der Waals surface area contributed by atoms with Crippen LogP contribution in [-0.4, -0.2) is 5.71 Å². The topological polar surface area (TPSA) is 24.4 Å². The highest BCUT2D eigenvalue weighted by atomic mass is 14.9. The van der Waals surface area contributed by atoms with E-state index in [0.29, 0.717) is 0 Å². The summed E-state index contributed by atoms with van der Waals surface area (Å²) in [4.78, 5) is 4.88. The molecule has 0 fully saturated rings.